The molecule has 0 aromatic carbocycles. The molecule has 3 nitrogen and oxygen atoms in total. The molecule has 0 aliphatic rings. The topological polar surface area (TPSA) is 60.7 Å². The van der Waals surface area contributed by atoms with Gasteiger partial charge in [-0.1, -0.05) is 0 Å². The van der Waals surface area contributed by atoms with Crippen molar-refractivity contribution in [2.24, 2.45) is 0 Å². The Bertz CT molecular complexity index is 95.7. The highest BCUT2D eigenvalue weighted by atomic mass is 35.5. The van der Waals surface area contributed by atoms with E-state index in [1.54, 1.807) is 0 Å². The monoisotopic (exact) mass is 170 g/mol. The SMILES string of the molecule is CC(C)(O)C(C)(O)CO.Cl. The number of hydrogen-bond acceptors (Lipinski definition) is 3. The molecule has 4 heteroatoms. The molecule has 0 spiro atoms. The first-order valence-electron chi connectivity index (χ1n) is 2.87. The predicted molar refractivity (Wildman–Crippen MR) is 41.3 cm³/mol. The van der Waals surface area contributed by atoms with E-state index in [2.05, 4.69) is 0 Å². The average Bonchev–Trinajstić information content (AvgIpc) is 1.64. The Morgan fingerprint density at radius 1 is 1.10 bits per heavy atom. The zero-order chi connectivity index (χ0) is 7.71. The normalized spacial score (nSPS) is 17.4. The molecule has 0 aromatic rings. The Morgan fingerprint density at radius 2 is 1.40 bits per heavy atom. The highest BCUT2D eigenvalue weighted by molar-refractivity contribution is 5.85. The summed E-state index contributed by atoms with van der Waals surface area (Å²) in [4.78, 5) is 0. The van der Waals surface area contributed by atoms with Crippen molar-refractivity contribution >= 4 is 12.4 Å². The first-order valence-corrected chi connectivity index (χ1v) is 2.87. The van der Waals surface area contributed by atoms with E-state index in [4.69, 9.17) is 15.3 Å². The van der Waals surface area contributed by atoms with E-state index >= 15 is 0 Å². The van der Waals surface area contributed by atoms with Gasteiger partial charge in [0.2, 0.25) is 0 Å². The molecule has 0 radical (unpaired) electrons. The summed E-state index contributed by atoms with van der Waals surface area (Å²) in [5, 5.41) is 26.8. The van der Waals surface area contributed by atoms with Crippen molar-refractivity contribution in [1.29, 1.82) is 0 Å². The van der Waals surface area contributed by atoms with Gasteiger partial charge in [0, 0.05) is 0 Å². The van der Waals surface area contributed by atoms with Crippen LogP contribution in [0.1, 0.15) is 20.8 Å². The Hall–Kier alpha value is 0.170. The van der Waals surface area contributed by atoms with Gasteiger partial charge >= 0.3 is 0 Å². The van der Waals surface area contributed by atoms with Crippen molar-refractivity contribution in [3.63, 3.8) is 0 Å². The van der Waals surface area contributed by atoms with Gasteiger partial charge in [0.1, 0.15) is 5.60 Å². The minimum atomic E-state index is -1.41. The Kier molecular flexibility index (Phi) is 4.52. The predicted octanol–water partition coefficient (Wildman–Crippen LogP) is -0.0776. The third-order valence-corrected chi connectivity index (χ3v) is 1.63. The second-order valence-corrected chi connectivity index (χ2v) is 2.99. The van der Waals surface area contributed by atoms with E-state index in [1.165, 1.54) is 20.8 Å². The van der Waals surface area contributed by atoms with Crippen molar-refractivity contribution in [2.75, 3.05) is 6.61 Å². The summed E-state index contributed by atoms with van der Waals surface area (Å²) in [6, 6.07) is 0. The van der Waals surface area contributed by atoms with Gasteiger partial charge in [0.05, 0.1) is 12.2 Å². The molecule has 0 saturated carbocycles. The van der Waals surface area contributed by atoms with Crippen LogP contribution in [0.4, 0.5) is 0 Å². The van der Waals surface area contributed by atoms with Crippen LogP contribution < -0.4 is 0 Å². The molecular formula is C6H15ClO3. The maximum atomic E-state index is 9.16. The van der Waals surface area contributed by atoms with Crippen molar-refractivity contribution in [3.05, 3.63) is 0 Å². The van der Waals surface area contributed by atoms with Gasteiger partial charge in [0.25, 0.3) is 0 Å². The van der Waals surface area contributed by atoms with Crippen LogP contribution in [0.5, 0.6) is 0 Å². The molecule has 0 bridgehead atoms. The van der Waals surface area contributed by atoms with E-state index < -0.39 is 17.8 Å². The quantitative estimate of drug-likeness (QED) is 0.544. The van der Waals surface area contributed by atoms with Crippen LogP contribution in [0, 0.1) is 0 Å². The van der Waals surface area contributed by atoms with Crippen LogP contribution in [-0.2, 0) is 0 Å². The Labute approximate surface area is 67.1 Å². The molecule has 0 saturated heterocycles. The van der Waals surface area contributed by atoms with Crippen molar-refractivity contribution in [1.82, 2.24) is 0 Å². The lowest BCUT2D eigenvalue weighted by molar-refractivity contribution is -0.142. The molecule has 1 atom stereocenters. The van der Waals surface area contributed by atoms with Crippen LogP contribution >= 0.6 is 12.4 Å². The van der Waals surface area contributed by atoms with Gasteiger partial charge < -0.3 is 15.3 Å². The van der Waals surface area contributed by atoms with E-state index in [-0.39, 0.29) is 12.4 Å². The van der Waals surface area contributed by atoms with Gasteiger partial charge in [-0.15, -0.1) is 12.4 Å². The smallest absolute Gasteiger partial charge is 0.113 e. The summed E-state index contributed by atoms with van der Waals surface area (Å²) >= 11 is 0. The fraction of sp³-hybridized carbons (Fsp3) is 1.00. The fourth-order valence-electron chi connectivity index (χ4n) is 0.193. The molecule has 10 heavy (non-hydrogen) atoms. The first kappa shape index (κ1) is 12.8. The highest BCUT2D eigenvalue weighted by Crippen LogP contribution is 2.19. The maximum Gasteiger partial charge on any atom is 0.113 e. The van der Waals surface area contributed by atoms with Crippen LogP contribution in [0.3, 0.4) is 0 Å². The molecule has 0 aliphatic heterocycles. The zero-order valence-corrected chi connectivity index (χ0v) is 7.27. The summed E-state index contributed by atoms with van der Waals surface area (Å²) in [5.74, 6) is 0. The minimum absolute atomic E-state index is 0. The van der Waals surface area contributed by atoms with E-state index in [9.17, 15) is 0 Å². The van der Waals surface area contributed by atoms with Crippen LogP contribution in [0.15, 0.2) is 0 Å². The molecule has 0 heterocycles. The van der Waals surface area contributed by atoms with E-state index in [1.807, 2.05) is 0 Å². The molecule has 0 aliphatic carbocycles. The molecule has 0 aromatic heterocycles. The van der Waals surface area contributed by atoms with Gasteiger partial charge in [-0.25, -0.2) is 0 Å². The van der Waals surface area contributed by atoms with E-state index in [0.717, 1.165) is 0 Å². The summed E-state index contributed by atoms with van der Waals surface area (Å²) < 4.78 is 0. The van der Waals surface area contributed by atoms with Crippen LogP contribution in [0.25, 0.3) is 0 Å². The molecule has 0 rings (SSSR count). The van der Waals surface area contributed by atoms with Crippen molar-refractivity contribution < 1.29 is 15.3 Å². The molecular weight excluding hydrogens is 156 g/mol. The molecule has 64 valence electrons. The third-order valence-electron chi connectivity index (χ3n) is 1.63. The second-order valence-electron chi connectivity index (χ2n) is 2.99. The van der Waals surface area contributed by atoms with Crippen molar-refractivity contribution in [3.8, 4) is 0 Å². The van der Waals surface area contributed by atoms with Gasteiger partial charge in [-0.3, -0.25) is 0 Å². The lowest BCUT2D eigenvalue weighted by atomic mass is 9.89. The molecule has 1 unspecified atom stereocenters. The van der Waals surface area contributed by atoms with Crippen LogP contribution in [-0.4, -0.2) is 33.1 Å². The fourth-order valence-corrected chi connectivity index (χ4v) is 0.193. The standard InChI is InChI=1S/C6H14O3.ClH/c1-5(2,8)6(3,9)4-7;/h7-9H,4H2,1-3H3;1H. The summed E-state index contributed by atoms with van der Waals surface area (Å²) in [6.07, 6.45) is 0. The molecule has 0 amide bonds. The third kappa shape index (κ3) is 2.84. The van der Waals surface area contributed by atoms with Gasteiger partial charge in [-0.05, 0) is 20.8 Å². The maximum absolute atomic E-state index is 9.16. The lowest BCUT2D eigenvalue weighted by Crippen LogP contribution is -2.50. The summed E-state index contributed by atoms with van der Waals surface area (Å²) in [7, 11) is 0. The Balaban J connectivity index is 0. The largest absolute Gasteiger partial charge is 0.393 e. The molecule has 3 N–H and O–H groups in total. The van der Waals surface area contributed by atoms with Crippen molar-refractivity contribution in [2.45, 2.75) is 32.0 Å². The van der Waals surface area contributed by atoms with Crippen LogP contribution in [0.2, 0.25) is 0 Å². The number of halogens is 1. The second kappa shape index (κ2) is 3.53. The number of aliphatic hydroxyl groups excluding tert-OH is 1. The molecule has 0 fully saturated rings. The van der Waals surface area contributed by atoms with Gasteiger partial charge in [-0.2, -0.15) is 0 Å². The lowest BCUT2D eigenvalue weighted by Gasteiger charge is -2.33. The van der Waals surface area contributed by atoms with Gasteiger partial charge in [0.15, 0.2) is 0 Å². The minimum Gasteiger partial charge on any atom is -0.393 e. The summed E-state index contributed by atoms with van der Waals surface area (Å²) in [5.41, 5.74) is -2.66. The zero-order valence-electron chi connectivity index (χ0n) is 6.46. The number of aliphatic hydroxyl groups is 3. The summed E-state index contributed by atoms with van der Waals surface area (Å²) in [6.45, 7) is 3.84. The number of hydrogen-bond donors (Lipinski definition) is 3. The number of rotatable bonds is 2. The van der Waals surface area contributed by atoms with E-state index in [0.29, 0.717) is 0 Å². The Morgan fingerprint density at radius 3 is 1.40 bits per heavy atom. The first-order chi connectivity index (χ1) is 3.81. The average molecular weight is 171 g/mol. The highest BCUT2D eigenvalue weighted by Gasteiger charge is 2.36.